The maximum Gasteiger partial charge on any atom is 0.0136 e. The third-order valence-corrected chi connectivity index (χ3v) is 4.83. The molecule has 1 aromatic rings. The molecule has 1 aliphatic rings. The van der Waals surface area contributed by atoms with E-state index in [1.807, 2.05) is 11.3 Å². The van der Waals surface area contributed by atoms with E-state index in [9.17, 15) is 0 Å². The minimum absolute atomic E-state index is 0.714. The summed E-state index contributed by atoms with van der Waals surface area (Å²) in [7, 11) is 0. The van der Waals surface area contributed by atoms with Gasteiger partial charge in [-0.2, -0.15) is 0 Å². The van der Waals surface area contributed by atoms with Crippen molar-refractivity contribution >= 4 is 11.3 Å². The van der Waals surface area contributed by atoms with Gasteiger partial charge in [0.1, 0.15) is 0 Å². The molecule has 2 unspecified atom stereocenters. The molecular formula is C15H25NS. The Morgan fingerprint density at radius 1 is 1.29 bits per heavy atom. The van der Waals surface area contributed by atoms with Crippen molar-refractivity contribution in [2.24, 2.45) is 0 Å². The predicted octanol–water partition coefficient (Wildman–Crippen LogP) is 4.47. The molecule has 0 radical (unpaired) electrons. The molecule has 0 amide bonds. The molecule has 0 bridgehead atoms. The van der Waals surface area contributed by atoms with Gasteiger partial charge in [-0.1, -0.05) is 26.2 Å². The third kappa shape index (κ3) is 3.32. The summed E-state index contributed by atoms with van der Waals surface area (Å²) >= 11 is 1.90. The Hall–Kier alpha value is -0.340. The first-order valence-corrected chi connectivity index (χ1v) is 7.98. The van der Waals surface area contributed by atoms with Crippen LogP contribution in [0.25, 0.3) is 0 Å². The van der Waals surface area contributed by atoms with Crippen molar-refractivity contribution in [3.05, 3.63) is 21.9 Å². The van der Waals surface area contributed by atoms with Crippen LogP contribution in [0.4, 0.5) is 0 Å². The van der Waals surface area contributed by atoms with E-state index in [2.05, 4.69) is 30.6 Å². The van der Waals surface area contributed by atoms with Gasteiger partial charge in [-0.25, -0.2) is 0 Å². The van der Waals surface area contributed by atoms with Crippen LogP contribution in [0.3, 0.4) is 0 Å². The molecule has 2 rings (SSSR count). The van der Waals surface area contributed by atoms with Crippen molar-refractivity contribution in [3.63, 3.8) is 0 Å². The summed E-state index contributed by atoms with van der Waals surface area (Å²) < 4.78 is 0. The summed E-state index contributed by atoms with van der Waals surface area (Å²) in [4.78, 5) is 1.53. The second kappa shape index (κ2) is 6.55. The molecule has 0 aliphatic heterocycles. The predicted molar refractivity (Wildman–Crippen MR) is 77.0 cm³/mol. The zero-order chi connectivity index (χ0) is 12.1. The van der Waals surface area contributed by atoms with E-state index in [-0.39, 0.29) is 0 Å². The molecule has 2 atom stereocenters. The van der Waals surface area contributed by atoms with Gasteiger partial charge in [0.05, 0.1) is 0 Å². The molecule has 2 heteroatoms. The topological polar surface area (TPSA) is 12.0 Å². The average Bonchev–Trinajstić information content (AvgIpc) is 2.63. The van der Waals surface area contributed by atoms with Gasteiger partial charge in [-0.15, -0.1) is 11.3 Å². The van der Waals surface area contributed by atoms with Crippen molar-refractivity contribution in [1.29, 1.82) is 0 Å². The lowest BCUT2D eigenvalue weighted by atomic mass is 9.88. The lowest BCUT2D eigenvalue weighted by Crippen LogP contribution is -2.34. The smallest absolute Gasteiger partial charge is 0.0136 e. The molecule has 1 N–H and O–H groups in total. The van der Waals surface area contributed by atoms with Crippen LogP contribution < -0.4 is 5.32 Å². The van der Waals surface area contributed by atoms with Gasteiger partial charge in [0, 0.05) is 16.8 Å². The van der Waals surface area contributed by atoms with Gasteiger partial charge in [0.25, 0.3) is 0 Å². The maximum absolute atomic E-state index is 3.78. The van der Waals surface area contributed by atoms with E-state index in [4.69, 9.17) is 0 Å². The summed E-state index contributed by atoms with van der Waals surface area (Å²) in [6, 6.07) is 3.07. The van der Waals surface area contributed by atoms with Gasteiger partial charge in [0.15, 0.2) is 0 Å². The lowest BCUT2D eigenvalue weighted by Gasteiger charge is -2.26. The molecule has 1 heterocycles. The number of rotatable bonds is 4. The molecule has 1 nitrogen and oxygen atoms in total. The van der Waals surface area contributed by atoms with Crippen molar-refractivity contribution < 1.29 is 0 Å². The number of hydrogen-bond donors (Lipinski definition) is 1. The van der Waals surface area contributed by atoms with Gasteiger partial charge >= 0.3 is 0 Å². The van der Waals surface area contributed by atoms with Crippen LogP contribution in [-0.2, 0) is 0 Å². The van der Waals surface area contributed by atoms with Crippen LogP contribution in [0.5, 0.6) is 0 Å². The Bertz CT molecular complexity index is 331. The summed E-state index contributed by atoms with van der Waals surface area (Å²) in [5.74, 6) is 0.760. The number of aryl methyl sites for hydroxylation is 1. The molecule has 0 spiro atoms. The van der Waals surface area contributed by atoms with Crippen LogP contribution in [-0.4, -0.2) is 12.6 Å². The number of thiophene rings is 1. The highest BCUT2D eigenvalue weighted by Gasteiger charge is 2.25. The van der Waals surface area contributed by atoms with E-state index in [0.29, 0.717) is 6.04 Å². The fraction of sp³-hybridized carbons (Fsp3) is 0.733. The monoisotopic (exact) mass is 251 g/mol. The minimum atomic E-state index is 0.714. The Balaban J connectivity index is 2.11. The van der Waals surface area contributed by atoms with Crippen molar-refractivity contribution in [3.8, 4) is 0 Å². The molecule has 1 aliphatic carbocycles. The highest BCUT2D eigenvalue weighted by molar-refractivity contribution is 7.10. The van der Waals surface area contributed by atoms with Gasteiger partial charge < -0.3 is 5.32 Å². The van der Waals surface area contributed by atoms with Gasteiger partial charge in [0.2, 0.25) is 0 Å². The highest BCUT2D eigenvalue weighted by atomic mass is 32.1. The molecule has 0 saturated heterocycles. The Labute approximate surface area is 110 Å². The fourth-order valence-electron chi connectivity index (χ4n) is 3.03. The second-order valence-corrected chi connectivity index (χ2v) is 6.36. The van der Waals surface area contributed by atoms with Crippen molar-refractivity contribution in [1.82, 2.24) is 5.32 Å². The minimum Gasteiger partial charge on any atom is -0.313 e. The molecule has 1 fully saturated rings. The third-order valence-electron chi connectivity index (χ3n) is 3.97. The maximum atomic E-state index is 3.78. The van der Waals surface area contributed by atoms with Crippen LogP contribution in [0, 0.1) is 6.92 Å². The summed E-state index contributed by atoms with van der Waals surface area (Å²) in [6.07, 6.45) is 8.21. The molecule has 1 saturated carbocycles. The molecule has 0 aromatic carbocycles. The quantitative estimate of drug-likeness (QED) is 0.778. The van der Waals surface area contributed by atoms with E-state index >= 15 is 0 Å². The summed E-state index contributed by atoms with van der Waals surface area (Å²) in [6.45, 7) is 5.71. The van der Waals surface area contributed by atoms with E-state index in [1.54, 1.807) is 5.56 Å². The number of nitrogens with one attached hydrogen (secondary N) is 1. The normalized spacial score (nSPS) is 25.8. The largest absolute Gasteiger partial charge is 0.313 e. The zero-order valence-electron chi connectivity index (χ0n) is 11.2. The molecular weight excluding hydrogens is 226 g/mol. The van der Waals surface area contributed by atoms with Crippen LogP contribution >= 0.6 is 11.3 Å². The SMILES string of the molecule is CCCNC1CCCCCC1c1ccsc1C. The molecule has 96 valence electrons. The second-order valence-electron chi connectivity index (χ2n) is 5.24. The van der Waals surface area contributed by atoms with Gasteiger partial charge in [-0.3, -0.25) is 0 Å². The number of hydrogen-bond acceptors (Lipinski definition) is 2. The van der Waals surface area contributed by atoms with E-state index in [0.717, 1.165) is 5.92 Å². The van der Waals surface area contributed by atoms with Crippen LogP contribution in [0.15, 0.2) is 11.4 Å². The first-order valence-electron chi connectivity index (χ1n) is 7.10. The lowest BCUT2D eigenvalue weighted by molar-refractivity contribution is 0.410. The zero-order valence-corrected chi connectivity index (χ0v) is 12.0. The van der Waals surface area contributed by atoms with Crippen LogP contribution in [0.1, 0.15) is 61.8 Å². The van der Waals surface area contributed by atoms with Gasteiger partial charge in [-0.05, 0) is 49.7 Å². The fourth-order valence-corrected chi connectivity index (χ4v) is 3.81. The standard InChI is InChI=1S/C15H25NS/c1-3-10-16-15-8-6-4-5-7-14(15)13-9-11-17-12(13)2/h9,11,14-16H,3-8,10H2,1-2H3. The summed E-state index contributed by atoms with van der Waals surface area (Å²) in [5, 5.41) is 6.04. The molecule has 17 heavy (non-hydrogen) atoms. The average molecular weight is 251 g/mol. The summed E-state index contributed by atoms with van der Waals surface area (Å²) in [5.41, 5.74) is 1.62. The van der Waals surface area contributed by atoms with Crippen LogP contribution in [0.2, 0.25) is 0 Å². The first kappa shape index (κ1) is 13.1. The van der Waals surface area contributed by atoms with E-state index < -0.39 is 0 Å². The first-order chi connectivity index (χ1) is 8.33. The highest BCUT2D eigenvalue weighted by Crippen LogP contribution is 2.35. The molecule has 1 aromatic heterocycles. The Morgan fingerprint density at radius 2 is 2.12 bits per heavy atom. The Kier molecular flexibility index (Phi) is 5.05. The van der Waals surface area contributed by atoms with E-state index in [1.165, 1.54) is 49.9 Å². The van der Waals surface area contributed by atoms with Crippen molar-refractivity contribution in [2.75, 3.05) is 6.54 Å². The van der Waals surface area contributed by atoms with Crippen molar-refractivity contribution in [2.45, 2.75) is 64.3 Å². The Morgan fingerprint density at radius 3 is 2.82 bits per heavy atom.